The minimum atomic E-state index is -4.37. The van der Waals surface area contributed by atoms with E-state index in [2.05, 4.69) is 15.0 Å². The van der Waals surface area contributed by atoms with Gasteiger partial charge in [-0.3, -0.25) is 9.97 Å². The summed E-state index contributed by atoms with van der Waals surface area (Å²) in [4.78, 5) is 14.7. The van der Waals surface area contributed by atoms with Gasteiger partial charge in [0.2, 0.25) is 0 Å². The van der Waals surface area contributed by atoms with Crippen LogP contribution in [0.15, 0.2) is 42.9 Å². The average molecular weight is 330 g/mol. The quantitative estimate of drug-likeness (QED) is 0.684. The second kappa shape index (κ2) is 5.43. The minimum absolute atomic E-state index is 0.542. The zero-order valence-corrected chi connectivity index (χ0v) is 12.6. The first-order valence-electron chi connectivity index (χ1n) is 7.51. The summed E-state index contributed by atoms with van der Waals surface area (Å²) in [5, 5.41) is 0.957. The summed E-state index contributed by atoms with van der Waals surface area (Å²) < 4.78 is 37.9. The predicted octanol–water partition coefficient (Wildman–Crippen LogP) is 3.61. The molecule has 0 bridgehead atoms. The Morgan fingerprint density at radius 3 is 2.71 bits per heavy atom. The Kier molecular flexibility index (Phi) is 3.37. The van der Waals surface area contributed by atoms with Crippen LogP contribution >= 0.6 is 0 Å². The van der Waals surface area contributed by atoms with E-state index in [0.29, 0.717) is 18.9 Å². The van der Waals surface area contributed by atoms with E-state index in [1.807, 2.05) is 17.0 Å². The van der Waals surface area contributed by atoms with Crippen molar-refractivity contribution in [3.63, 3.8) is 0 Å². The van der Waals surface area contributed by atoms with Gasteiger partial charge in [-0.05, 0) is 29.8 Å². The summed E-state index contributed by atoms with van der Waals surface area (Å²) in [5.74, 6) is 0.542. The molecule has 0 saturated heterocycles. The lowest BCUT2D eigenvalue weighted by molar-refractivity contribution is -0.137. The van der Waals surface area contributed by atoms with Gasteiger partial charge < -0.3 is 4.90 Å². The Bertz CT molecular complexity index is 890. The molecule has 0 atom stereocenters. The van der Waals surface area contributed by atoms with Gasteiger partial charge in [-0.2, -0.15) is 13.2 Å². The molecule has 4 nitrogen and oxygen atoms in total. The van der Waals surface area contributed by atoms with Crippen LogP contribution in [0.1, 0.15) is 16.8 Å². The molecule has 0 spiro atoms. The van der Waals surface area contributed by atoms with E-state index in [9.17, 15) is 13.2 Å². The number of pyridine rings is 3. The summed E-state index contributed by atoms with van der Waals surface area (Å²) in [6, 6.07) is 6.41. The van der Waals surface area contributed by atoms with E-state index in [-0.39, 0.29) is 0 Å². The largest absolute Gasteiger partial charge is 0.417 e. The summed E-state index contributed by atoms with van der Waals surface area (Å²) >= 11 is 0. The molecule has 0 N–H and O–H groups in total. The Balaban J connectivity index is 1.63. The first-order valence-corrected chi connectivity index (χ1v) is 7.51. The summed E-state index contributed by atoms with van der Waals surface area (Å²) in [7, 11) is 0. The highest BCUT2D eigenvalue weighted by molar-refractivity contribution is 5.78. The number of rotatable bonds is 1. The maximum absolute atomic E-state index is 12.6. The molecule has 1 aliphatic heterocycles. The van der Waals surface area contributed by atoms with E-state index in [4.69, 9.17) is 0 Å². The summed E-state index contributed by atoms with van der Waals surface area (Å²) in [6.45, 7) is 1.25. The second-order valence-corrected chi connectivity index (χ2v) is 5.74. The van der Waals surface area contributed by atoms with Gasteiger partial charge in [-0.25, -0.2) is 4.98 Å². The zero-order chi connectivity index (χ0) is 16.7. The van der Waals surface area contributed by atoms with Crippen LogP contribution in [0.4, 0.5) is 19.0 Å². The van der Waals surface area contributed by atoms with E-state index in [1.54, 1.807) is 12.4 Å². The third kappa shape index (κ3) is 2.66. The Morgan fingerprint density at radius 2 is 1.96 bits per heavy atom. The topological polar surface area (TPSA) is 41.9 Å². The van der Waals surface area contributed by atoms with E-state index >= 15 is 0 Å². The van der Waals surface area contributed by atoms with Crippen LogP contribution in [0.5, 0.6) is 0 Å². The van der Waals surface area contributed by atoms with E-state index < -0.39 is 11.7 Å². The van der Waals surface area contributed by atoms with Gasteiger partial charge in [-0.1, -0.05) is 0 Å². The lowest BCUT2D eigenvalue weighted by Crippen LogP contribution is -2.31. The molecule has 0 aliphatic carbocycles. The third-order valence-electron chi connectivity index (χ3n) is 4.16. The molecule has 7 heteroatoms. The molecule has 0 unspecified atom stereocenters. The molecule has 24 heavy (non-hydrogen) atoms. The first-order chi connectivity index (χ1) is 11.5. The summed E-state index contributed by atoms with van der Waals surface area (Å²) in [6.07, 6.45) is 0.723. The van der Waals surface area contributed by atoms with E-state index in [1.165, 1.54) is 6.07 Å². The van der Waals surface area contributed by atoms with Crippen LogP contribution in [0.25, 0.3) is 10.9 Å². The van der Waals surface area contributed by atoms with Crippen molar-refractivity contribution in [1.29, 1.82) is 0 Å². The highest BCUT2D eigenvalue weighted by Crippen LogP contribution is 2.30. The molecule has 3 aromatic heterocycles. The number of aromatic nitrogens is 3. The fourth-order valence-corrected chi connectivity index (χ4v) is 2.92. The van der Waals surface area contributed by atoms with Crippen LogP contribution in [-0.2, 0) is 19.1 Å². The predicted molar refractivity (Wildman–Crippen MR) is 83.5 cm³/mol. The van der Waals surface area contributed by atoms with Crippen molar-refractivity contribution >= 4 is 16.7 Å². The fraction of sp³-hybridized carbons (Fsp3) is 0.235. The lowest BCUT2D eigenvalue weighted by atomic mass is 10.0. The lowest BCUT2D eigenvalue weighted by Gasteiger charge is -2.29. The Hall–Kier alpha value is -2.70. The number of nitrogens with zero attached hydrogens (tertiary/aromatic N) is 4. The van der Waals surface area contributed by atoms with Crippen molar-refractivity contribution in [3.8, 4) is 0 Å². The standard InChI is InChI=1S/C17H13F3N4/c18-17(19,20)13-1-2-16(22-9-13)24-6-4-15-12(10-24)7-11-8-21-5-3-14(11)23-15/h1-3,5,7-9H,4,6,10H2. The zero-order valence-electron chi connectivity index (χ0n) is 12.6. The van der Waals surface area contributed by atoms with Crippen LogP contribution in [0, 0.1) is 0 Å². The van der Waals surface area contributed by atoms with Gasteiger partial charge in [0.25, 0.3) is 0 Å². The van der Waals surface area contributed by atoms with Gasteiger partial charge in [0.05, 0.1) is 11.1 Å². The van der Waals surface area contributed by atoms with Gasteiger partial charge in [-0.15, -0.1) is 0 Å². The molecular formula is C17H13F3N4. The minimum Gasteiger partial charge on any atom is -0.352 e. The van der Waals surface area contributed by atoms with Gasteiger partial charge in [0.1, 0.15) is 5.82 Å². The summed E-state index contributed by atoms with van der Waals surface area (Å²) in [5.41, 5.74) is 2.26. The first kappa shape index (κ1) is 14.9. The Labute approximate surface area is 136 Å². The van der Waals surface area contributed by atoms with E-state index in [0.717, 1.165) is 40.8 Å². The molecule has 1 aliphatic rings. The van der Waals surface area contributed by atoms with Gasteiger partial charge >= 0.3 is 6.18 Å². The molecule has 4 heterocycles. The van der Waals surface area contributed by atoms with Crippen LogP contribution in [0.3, 0.4) is 0 Å². The molecule has 0 aromatic carbocycles. The van der Waals surface area contributed by atoms with Crippen molar-refractivity contribution in [2.75, 3.05) is 11.4 Å². The molecular weight excluding hydrogens is 317 g/mol. The number of hydrogen-bond acceptors (Lipinski definition) is 4. The van der Waals surface area contributed by atoms with Crippen molar-refractivity contribution < 1.29 is 13.2 Å². The molecule has 0 radical (unpaired) electrons. The van der Waals surface area contributed by atoms with Crippen LogP contribution < -0.4 is 4.90 Å². The SMILES string of the molecule is FC(F)(F)c1ccc(N2CCc3nc4ccncc4cc3C2)nc1. The molecule has 3 aromatic rings. The highest BCUT2D eigenvalue weighted by Gasteiger charge is 2.31. The van der Waals surface area contributed by atoms with Crippen LogP contribution in [0.2, 0.25) is 0 Å². The van der Waals surface area contributed by atoms with Crippen molar-refractivity contribution in [1.82, 2.24) is 15.0 Å². The molecule has 122 valence electrons. The highest BCUT2D eigenvalue weighted by atomic mass is 19.4. The van der Waals surface area contributed by atoms with Crippen LogP contribution in [-0.4, -0.2) is 21.5 Å². The number of hydrogen-bond donors (Lipinski definition) is 0. The number of fused-ring (bicyclic) bond motifs is 2. The number of alkyl halides is 3. The average Bonchev–Trinajstić information content (AvgIpc) is 2.59. The number of anilines is 1. The van der Waals surface area contributed by atoms with Crippen molar-refractivity contribution in [2.24, 2.45) is 0 Å². The monoisotopic (exact) mass is 330 g/mol. The third-order valence-corrected chi connectivity index (χ3v) is 4.16. The normalized spacial score (nSPS) is 14.7. The smallest absolute Gasteiger partial charge is 0.352 e. The molecule has 0 amide bonds. The van der Waals surface area contributed by atoms with Gasteiger partial charge in [0, 0.05) is 49.2 Å². The molecule has 4 rings (SSSR count). The van der Waals surface area contributed by atoms with Gasteiger partial charge in [0.15, 0.2) is 0 Å². The maximum Gasteiger partial charge on any atom is 0.417 e. The molecule has 0 saturated carbocycles. The Morgan fingerprint density at radius 1 is 1.08 bits per heavy atom. The maximum atomic E-state index is 12.6. The number of halogens is 3. The second-order valence-electron chi connectivity index (χ2n) is 5.74. The molecule has 0 fully saturated rings. The van der Waals surface area contributed by atoms with Crippen molar-refractivity contribution in [2.45, 2.75) is 19.1 Å². The fourth-order valence-electron chi connectivity index (χ4n) is 2.92. The van der Waals surface area contributed by atoms with Crippen molar-refractivity contribution in [3.05, 3.63) is 59.7 Å².